The van der Waals surface area contributed by atoms with Gasteiger partial charge in [0.15, 0.2) is 0 Å². The highest BCUT2D eigenvalue weighted by Gasteiger charge is 2.17. The number of benzene rings is 1. The zero-order valence-electron chi connectivity index (χ0n) is 10.6. The number of rotatable bonds is 7. The summed E-state index contributed by atoms with van der Waals surface area (Å²) in [4.78, 5) is 25.0. The van der Waals surface area contributed by atoms with Crippen LogP contribution in [0, 0.1) is 20.2 Å². The Balaban J connectivity index is 2.83. The van der Waals surface area contributed by atoms with E-state index in [4.69, 9.17) is 0 Å². The Kier molecular flexibility index (Phi) is 5.19. The average Bonchev–Trinajstić information content (AvgIpc) is 2.34. The van der Waals surface area contributed by atoms with Crippen LogP contribution in [0.5, 0.6) is 0 Å². The molecule has 1 N–H and O–H groups in total. The van der Waals surface area contributed by atoms with E-state index < -0.39 is 16.1 Å². The van der Waals surface area contributed by atoms with Crippen LogP contribution in [0.15, 0.2) is 24.3 Å². The molecular formula is C11H15N3O5. The zero-order valence-corrected chi connectivity index (χ0v) is 10.6. The maximum atomic E-state index is 10.5. The number of hydrogen-bond donors (Lipinski definition) is 1. The summed E-state index contributed by atoms with van der Waals surface area (Å²) in [5.41, 5.74) is 0.441. The number of nitro groups is 1. The van der Waals surface area contributed by atoms with Crippen LogP contribution in [0.4, 0.5) is 5.69 Å². The standard InChI is InChI=1S/C11H15N3O5/c1-8(2)12-7-11(19-14(17)18)9-3-5-10(6-4-9)13(15)16/h3-6,8,11-12H,7H2,1-2H3. The zero-order chi connectivity index (χ0) is 14.4. The monoisotopic (exact) mass is 269 g/mol. The third kappa shape index (κ3) is 4.88. The maximum absolute atomic E-state index is 10.5. The smallest absolute Gasteiger partial charge is 0.295 e. The molecule has 0 aliphatic rings. The fourth-order valence-corrected chi connectivity index (χ4v) is 1.47. The molecule has 0 amide bonds. The number of nitrogens with one attached hydrogen (secondary N) is 1. The Morgan fingerprint density at radius 1 is 1.21 bits per heavy atom. The minimum atomic E-state index is -0.867. The van der Waals surface area contributed by atoms with Crippen LogP contribution in [-0.2, 0) is 4.84 Å². The van der Waals surface area contributed by atoms with Gasteiger partial charge in [-0.25, -0.2) is 0 Å². The minimum Gasteiger partial charge on any atom is -0.312 e. The summed E-state index contributed by atoms with van der Waals surface area (Å²) in [6.07, 6.45) is -0.793. The van der Waals surface area contributed by atoms with Crippen molar-refractivity contribution in [3.8, 4) is 0 Å². The molecule has 0 heterocycles. The number of hydrogen-bond acceptors (Lipinski definition) is 6. The minimum absolute atomic E-state index is 0.0691. The summed E-state index contributed by atoms with van der Waals surface area (Å²) in [5, 5.41) is 23.1. The Morgan fingerprint density at radius 2 is 1.79 bits per heavy atom. The highest BCUT2D eigenvalue weighted by Crippen LogP contribution is 2.20. The molecule has 0 saturated heterocycles. The molecule has 8 heteroatoms. The first-order chi connectivity index (χ1) is 8.90. The second kappa shape index (κ2) is 6.64. The molecule has 0 saturated carbocycles. The first kappa shape index (κ1) is 14.8. The summed E-state index contributed by atoms with van der Waals surface area (Å²) < 4.78 is 0. The van der Waals surface area contributed by atoms with E-state index in [1.807, 2.05) is 13.8 Å². The highest BCUT2D eigenvalue weighted by atomic mass is 17.0. The molecule has 1 atom stereocenters. The fraction of sp³-hybridized carbons (Fsp3) is 0.455. The lowest BCUT2D eigenvalue weighted by Crippen LogP contribution is -2.30. The van der Waals surface area contributed by atoms with Crippen LogP contribution in [-0.4, -0.2) is 22.6 Å². The van der Waals surface area contributed by atoms with Gasteiger partial charge in [0.1, 0.15) is 6.10 Å². The molecule has 1 aromatic carbocycles. The van der Waals surface area contributed by atoms with Crippen molar-refractivity contribution in [3.63, 3.8) is 0 Å². The summed E-state index contributed by atoms with van der Waals surface area (Å²) in [6.45, 7) is 4.05. The molecule has 0 aromatic heterocycles. The Labute approximate surface area is 109 Å². The molecule has 8 nitrogen and oxygen atoms in total. The predicted octanol–water partition coefficient (Wildman–Crippen LogP) is 1.84. The fourth-order valence-electron chi connectivity index (χ4n) is 1.47. The van der Waals surface area contributed by atoms with Crippen LogP contribution in [0.2, 0.25) is 0 Å². The van der Waals surface area contributed by atoms with Crippen LogP contribution in [0.1, 0.15) is 25.5 Å². The van der Waals surface area contributed by atoms with E-state index in [9.17, 15) is 20.2 Å². The Hall–Kier alpha value is -2.22. The molecule has 0 aliphatic carbocycles. The summed E-state index contributed by atoms with van der Waals surface area (Å²) in [6, 6.07) is 5.64. The Bertz CT molecular complexity index is 446. The van der Waals surface area contributed by atoms with Gasteiger partial charge in [-0.1, -0.05) is 13.8 Å². The summed E-state index contributed by atoms with van der Waals surface area (Å²) in [7, 11) is 0. The van der Waals surface area contributed by atoms with Gasteiger partial charge in [-0.05, 0) is 17.7 Å². The van der Waals surface area contributed by atoms with Gasteiger partial charge >= 0.3 is 0 Å². The molecule has 0 radical (unpaired) electrons. The van der Waals surface area contributed by atoms with Crippen LogP contribution >= 0.6 is 0 Å². The van der Waals surface area contributed by atoms with Crippen molar-refractivity contribution in [2.24, 2.45) is 0 Å². The second-order valence-electron chi connectivity index (χ2n) is 4.23. The largest absolute Gasteiger partial charge is 0.312 e. The SMILES string of the molecule is CC(C)NCC(O[N+](=O)[O-])c1ccc([N+](=O)[O-])cc1. The van der Waals surface area contributed by atoms with Crippen LogP contribution < -0.4 is 5.32 Å². The van der Waals surface area contributed by atoms with Gasteiger partial charge in [0.05, 0.1) is 4.92 Å². The topological polar surface area (TPSA) is 108 Å². The van der Waals surface area contributed by atoms with Crippen LogP contribution in [0.25, 0.3) is 0 Å². The first-order valence-corrected chi connectivity index (χ1v) is 5.69. The quantitative estimate of drug-likeness (QED) is 0.597. The number of non-ortho nitro benzene ring substituents is 1. The molecule has 0 fully saturated rings. The van der Waals surface area contributed by atoms with Crippen molar-refractivity contribution < 1.29 is 14.8 Å². The lowest BCUT2D eigenvalue weighted by molar-refractivity contribution is -0.770. The van der Waals surface area contributed by atoms with Crippen LogP contribution in [0.3, 0.4) is 0 Å². The third-order valence-corrected chi connectivity index (χ3v) is 2.40. The molecule has 0 bridgehead atoms. The van der Waals surface area contributed by atoms with Crippen molar-refractivity contribution in [1.29, 1.82) is 0 Å². The van der Waals surface area contributed by atoms with Gasteiger partial charge in [-0.15, -0.1) is 10.1 Å². The molecule has 19 heavy (non-hydrogen) atoms. The van der Waals surface area contributed by atoms with Crippen molar-refractivity contribution in [2.45, 2.75) is 26.0 Å². The molecule has 1 aromatic rings. The van der Waals surface area contributed by atoms with Crippen molar-refractivity contribution in [3.05, 3.63) is 50.1 Å². The van der Waals surface area contributed by atoms with Gasteiger partial charge in [0.25, 0.3) is 10.8 Å². The highest BCUT2D eigenvalue weighted by molar-refractivity contribution is 5.33. The van der Waals surface area contributed by atoms with Gasteiger partial charge in [0, 0.05) is 24.7 Å². The summed E-state index contributed by atoms with van der Waals surface area (Å²) in [5.74, 6) is 0. The van der Waals surface area contributed by atoms with Crippen molar-refractivity contribution >= 4 is 5.69 Å². The third-order valence-electron chi connectivity index (χ3n) is 2.40. The van der Waals surface area contributed by atoms with Gasteiger partial charge < -0.3 is 10.2 Å². The number of nitrogens with zero attached hydrogens (tertiary/aromatic N) is 2. The van der Waals surface area contributed by atoms with Gasteiger partial charge in [0.2, 0.25) is 0 Å². The van der Waals surface area contributed by atoms with Gasteiger partial charge in [-0.2, -0.15) is 0 Å². The van der Waals surface area contributed by atoms with E-state index in [-0.39, 0.29) is 18.3 Å². The van der Waals surface area contributed by atoms with E-state index in [1.54, 1.807) is 0 Å². The van der Waals surface area contributed by atoms with Gasteiger partial charge in [-0.3, -0.25) is 10.1 Å². The Morgan fingerprint density at radius 3 is 2.21 bits per heavy atom. The molecule has 0 spiro atoms. The van der Waals surface area contributed by atoms with Crippen molar-refractivity contribution in [2.75, 3.05) is 6.54 Å². The first-order valence-electron chi connectivity index (χ1n) is 5.69. The normalized spacial score (nSPS) is 12.2. The molecule has 1 unspecified atom stereocenters. The lowest BCUT2D eigenvalue weighted by atomic mass is 10.1. The molecule has 104 valence electrons. The second-order valence-corrected chi connectivity index (χ2v) is 4.23. The lowest BCUT2D eigenvalue weighted by Gasteiger charge is -2.17. The summed E-state index contributed by atoms with van der Waals surface area (Å²) >= 11 is 0. The predicted molar refractivity (Wildman–Crippen MR) is 67.1 cm³/mol. The maximum Gasteiger partial charge on any atom is 0.295 e. The molecular weight excluding hydrogens is 254 g/mol. The van der Waals surface area contributed by atoms with E-state index in [0.29, 0.717) is 5.56 Å². The number of nitro benzene ring substituents is 1. The van der Waals surface area contributed by atoms with E-state index >= 15 is 0 Å². The van der Waals surface area contributed by atoms with E-state index in [1.165, 1.54) is 24.3 Å². The van der Waals surface area contributed by atoms with Crippen molar-refractivity contribution in [1.82, 2.24) is 5.32 Å². The molecule has 0 aliphatic heterocycles. The molecule has 1 rings (SSSR count). The average molecular weight is 269 g/mol. The van der Waals surface area contributed by atoms with E-state index in [0.717, 1.165) is 0 Å². The van der Waals surface area contributed by atoms with E-state index in [2.05, 4.69) is 10.2 Å².